The number of sulfonamides is 1. The Labute approximate surface area is 203 Å². The number of methoxy groups -OCH3 is 4. The van der Waals surface area contributed by atoms with E-state index in [1.807, 2.05) is 0 Å². The molecule has 0 atom stereocenters. The molecule has 0 unspecified atom stereocenters. The Bertz CT molecular complexity index is 1300. The summed E-state index contributed by atoms with van der Waals surface area (Å²) < 4.78 is 49.6. The largest absolute Gasteiger partial charge is 0.503 e. The van der Waals surface area contributed by atoms with Gasteiger partial charge in [-0.05, 0) is 48.0 Å². The van der Waals surface area contributed by atoms with Crippen LogP contribution in [0.2, 0.25) is 5.02 Å². The van der Waals surface area contributed by atoms with Crippen molar-refractivity contribution in [2.75, 3.05) is 33.2 Å². The number of halogens is 1. The summed E-state index contributed by atoms with van der Waals surface area (Å²) in [4.78, 5) is -0.0539. The van der Waals surface area contributed by atoms with E-state index in [0.29, 0.717) is 28.4 Å². The molecular weight excluding hydrogens is 482 g/mol. The zero-order chi connectivity index (χ0) is 24.9. The van der Waals surface area contributed by atoms with Crippen molar-refractivity contribution >= 4 is 39.5 Å². The summed E-state index contributed by atoms with van der Waals surface area (Å²) in [5, 5.41) is 11.0. The molecule has 0 bridgehead atoms. The molecule has 0 radical (unpaired) electrons. The maximum atomic E-state index is 13.0. The zero-order valence-corrected chi connectivity index (χ0v) is 20.5. The van der Waals surface area contributed by atoms with Gasteiger partial charge in [-0.2, -0.15) is 0 Å². The third-order valence-corrected chi connectivity index (χ3v) is 6.46. The zero-order valence-electron chi connectivity index (χ0n) is 19.0. The number of ether oxygens (including phenoxy) is 4. The van der Waals surface area contributed by atoms with Crippen LogP contribution in [0.4, 0.5) is 5.69 Å². The van der Waals surface area contributed by atoms with E-state index in [-0.39, 0.29) is 27.1 Å². The third kappa shape index (κ3) is 5.32. The summed E-state index contributed by atoms with van der Waals surface area (Å²) >= 11 is 5.95. The number of nitrogens with one attached hydrogen (secondary N) is 1. The average molecular weight is 506 g/mol. The van der Waals surface area contributed by atoms with Crippen molar-refractivity contribution in [3.8, 4) is 28.7 Å². The molecule has 10 heteroatoms. The van der Waals surface area contributed by atoms with E-state index in [1.54, 1.807) is 36.4 Å². The van der Waals surface area contributed by atoms with Crippen molar-refractivity contribution < 1.29 is 32.5 Å². The number of rotatable bonds is 9. The fourth-order valence-electron chi connectivity index (χ4n) is 3.21. The Morgan fingerprint density at radius 1 is 0.853 bits per heavy atom. The van der Waals surface area contributed by atoms with Gasteiger partial charge in [-0.25, -0.2) is 8.42 Å². The molecule has 0 spiro atoms. The van der Waals surface area contributed by atoms with Crippen LogP contribution >= 0.6 is 11.6 Å². The Morgan fingerprint density at radius 3 is 2.06 bits per heavy atom. The van der Waals surface area contributed by atoms with Gasteiger partial charge >= 0.3 is 0 Å². The Kier molecular flexibility index (Phi) is 7.80. The van der Waals surface area contributed by atoms with E-state index in [0.717, 1.165) is 0 Å². The van der Waals surface area contributed by atoms with Gasteiger partial charge < -0.3 is 24.1 Å². The first-order valence-electron chi connectivity index (χ1n) is 9.90. The molecule has 3 rings (SSSR count). The summed E-state index contributed by atoms with van der Waals surface area (Å²) in [6.45, 7) is 0. The Morgan fingerprint density at radius 2 is 1.50 bits per heavy atom. The minimum absolute atomic E-state index is 0.0528. The molecule has 0 fully saturated rings. The smallest absolute Gasteiger partial charge is 0.262 e. The van der Waals surface area contributed by atoms with E-state index in [2.05, 4.69) is 4.72 Å². The number of phenols is 1. The van der Waals surface area contributed by atoms with Gasteiger partial charge in [0.1, 0.15) is 5.69 Å². The van der Waals surface area contributed by atoms with Gasteiger partial charge in [-0.1, -0.05) is 29.8 Å². The summed E-state index contributed by atoms with van der Waals surface area (Å²) in [7, 11) is 1.84. The van der Waals surface area contributed by atoms with Crippen molar-refractivity contribution in [3.63, 3.8) is 0 Å². The van der Waals surface area contributed by atoms with E-state index in [1.165, 1.54) is 52.7 Å². The molecule has 3 aromatic carbocycles. The van der Waals surface area contributed by atoms with Gasteiger partial charge in [0.2, 0.25) is 5.75 Å². The highest BCUT2D eigenvalue weighted by molar-refractivity contribution is 7.92. The van der Waals surface area contributed by atoms with Crippen LogP contribution in [-0.4, -0.2) is 42.0 Å². The first-order chi connectivity index (χ1) is 16.2. The van der Waals surface area contributed by atoms with Crippen LogP contribution in [-0.2, 0) is 10.0 Å². The van der Waals surface area contributed by atoms with Gasteiger partial charge in [0.05, 0.1) is 33.3 Å². The minimum atomic E-state index is -4.06. The van der Waals surface area contributed by atoms with Gasteiger partial charge in [0.15, 0.2) is 23.0 Å². The molecule has 0 aliphatic carbocycles. The van der Waals surface area contributed by atoms with Gasteiger partial charge in [0, 0.05) is 10.6 Å². The molecule has 0 saturated carbocycles. The molecule has 0 aliphatic rings. The quantitative estimate of drug-likeness (QED) is 0.310. The monoisotopic (exact) mass is 505 g/mol. The van der Waals surface area contributed by atoms with Crippen LogP contribution in [0.1, 0.15) is 11.1 Å². The first kappa shape index (κ1) is 25.1. The van der Waals surface area contributed by atoms with Crippen LogP contribution in [0.5, 0.6) is 28.7 Å². The molecule has 2 N–H and O–H groups in total. The second kappa shape index (κ2) is 10.6. The number of hydrogen-bond acceptors (Lipinski definition) is 7. The molecule has 3 aromatic rings. The highest BCUT2D eigenvalue weighted by Crippen LogP contribution is 2.41. The molecule has 0 amide bonds. The Balaban J connectivity index is 2.07. The van der Waals surface area contributed by atoms with Crippen LogP contribution in [0, 0.1) is 0 Å². The SMILES string of the molecule is COc1ccc(C=Cc2cc(OC)c(OC)c(OC)c2)c(NS(=O)(=O)c2cccc(Cl)c2)c1O. The van der Waals surface area contributed by atoms with Crippen molar-refractivity contribution in [2.45, 2.75) is 4.90 Å². The van der Waals surface area contributed by atoms with Crippen molar-refractivity contribution in [1.29, 1.82) is 0 Å². The van der Waals surface area contributed by atoms with Crippen molar-refractivity contribution in [1.82, 2.24) is 0 Å². The maximum Gasteiger partial charge on any atom is 0.262 e. The van der Waals surface area contributed by atoms with Crippen molar-refractivity contribution in [2.24, 2.45) is 0 Å². The van der Waals surface area contributed by atoms with E-state index in [9.17, 15) is 13.5 Å². The lowest BCUT2D eigenvalue weighted by molar-refractivity contribution is 0.324. The second-order valence-corrected chi connectivity index (χ2v) is 9.05. The van der Waals surface area contributed by atoms with Gasteiger partial charge in [-0.3, -0.25) is 4.72 Å². The first-order valence-corrected chi connectivity index (χ1v) is 11.8. The molecule has 180 valence electrons. The second-order valence-electron chi connectivity index (χ2n) is 6.94. The number of hydrogen-bond donors (Lipinski definition) is 2. The molecule has 0 aromatic heterocycles. The molecule has 0 heterocycles. The maximum absolute atomic E-state index is 13.0. The lowest BCUT2D eigenvalue weighted by Crippen LogP contribution is -2.14. The van der Waals surface area contributed by atoms with E-state index >= 15 is 0 Å². The standard InChI is InChI=1S/C24H24ClNO7S/c1-30-19-11-10-16(9-8-15-12-20(31-2)24(33-4)21(13-15)32-3)22(23(19)27)26-34(28,29)18-7-5-6-17(25)14-18/h5-14,26-27H,1-4H3. The van der Waals surface area contributed by atoms with Gasteiger partial charge in [-0.15, -0.1) is 0 Å². The lowest BCUT2D eigenvalue weighted by Gasteiger charge is -2.15. The Hall–Kier alpha value is -3.56. The highest BCUT2D eigenvalue weighted by atomic mass is 35.5. The minimum Gasteiger partial charge on any atom is -0.503 e. The summed E-state index contributed by atoms with van der Waals surface area (Å²) in [5.41, 5.74) is 1.02. The number of anilines is 1. The van der Waals surface area contributed by atoms with E-state index < -0.39 is 10.0 Å². The molecule has 0 saturated heterocycles. The number of benzene rings is 3. The summed E-state index contributed by atoms with van der Waals surface area (Å²) in [6.07, 6.45) is 3.35. The normalized spacial score (nSPS) is 11.3. The lowest BCUT2D eigenvalue weighted by atomic mass is 10.1. The van der Waals surface area contributed by atoms with Crippen LogP contribution in [0.3, 0.4) is 0 Å². The number of aromatic hydroxyl groups is 1. The third-order valence-electron chi connectivity index (χ3n) is 4.88. The predicted molar refractivity (Wildman–Crippen MR) is 132 cm³/mol. The number of phenolic OH excluding ortho intramolecular Hbond substituents is 1. The van der Waals surface area contributed by atoms with Gasteiger partial charge in [0.25, 0.3) is 10.0 Å². The molecule has 34 heavy (non-hydrogen) atoms. The fourth-order valence-corrected chi connectivity index (χ4v) is 4.61. The summed E-state index contributed by atoms with van der Waals surface area (Å²) in [5.74, 6) is 1.11. The van der Waals surface area contributed by atoms with Crippen LogP contribution in [0.15, 0.2) is 53.4 Å². The summed E-state index contributed by atoms with van der Waals surface area (Å²) in [6, 6.07) is 12.4. The van der Waals surface area contributed by atoms with Crippen LogP contribution in [0.25, 0.3) is 12.2 Å². The molecule has 8 nitrogen and oxygen atoms in total. The topological polar surface area (TPSA) is 103 Å². The van der Waals surface area contributed by atoms with E-state index in [4.69, 9.17) is 30.5 Å². The molecular formula is C24H24ClNO7S. The average Bonchev–Trinajstić information content (AvgIpc) is 2.83. The predicted octanol–water partition coefficient (Wildman–Crippen LogP) is 5.05. The highest BCUT2D eigenvalue weighted by Gasteiger charge is 2.21. The van der Waals surface area contributed by atoms with Crippen molar-refractivity contribution in [3.05, 3.63) is 64.7 Å². The molecule has 0 aliphatic heterocycles. The van der Waals surface area contributed by atoms with Crippen LogP contribution < -0.4 is 23.7 Å². The fraction of sp³-hybridized carbons (Fsp3) is 0.167.